The maximum absolute atomic E-state index is 5.97. The Morgan fingerprint density at radius 3 is 2.70 bits per heavy atom. The normalized spacial score (nSPS) is 10.8. The smallest absolute Gasteiger partial charge is 0.0931 e. The molecule has 0 aliphatic rings. The second-order valence-corrected chi connectivity index (χ2v) is 7.27. The Morgan fingerprint density at radius 2 is 2.10 bits per heavy atom. The van der Waals surface area contributed by atoms with E-state index in [9.17, 15) is 0 Å². The van der Waals surface area contributed by atoms with Crippen molar-refractivity contribution in [3.8, 4) is 0 Å². The summed E-state index contributed by atoms with van der Waals surface area (Å²) in [6.45, 7) is 4.85. The maximum atomic E-state index is 5.97. The first-order valence-corrected chi connectivity index (χ1v) is 8.53. The number of halogens is 2. The van der Waals surface area contributed by atoms with Gasteiger partial charge in [-0.05, 0) is 36.4 Å². The van der Waals surface area contributed by atoms with E-state index in [1.165, 1.54) is 16.1 Å². The third-order valence-corrected chi connectivity index (χ3v) is 5.02. The summed E-state index contributed by atoms with van der Waals surface area (Å²) in [5.74, 6) is 0. The number of nitrogens with one attached hydrogen (secondary N) is 1. The molecular formula is C15H18BrClN2S. The minimum Gasteiger partial charge on any atom is -0.369 e. The summed E-state index contributed by atoms with van der Waals surface area (Å²) in [6.07, 6.45) is 0. The third kappa shape index (κ3) is 4.22. The van der Waals surface area contributed by atoms with E-state index in [0.717, 1.165) is 28.4 Å². The summed E-state index contributed by atoms with van der Waals surface area (Å²) in [4.78, 5) is 3.49. The second kappa shape index (κ2) is 7.46. The van der Waals surface area contributed by atoms with Gasteiger partial charge < -0.3 is 10.2 Å². The highest BCUT2D eigenvalue weighted by Gasteiger charge is 2.07. The molecule has 0 aliphatic heterocycles. The molecule has 108 valence electrons. The fraction of sp³-hybridized carbons (Fsp3) is 0.333. The van der Waals surface area contributed by atoms with Gasteiger partial charge in [0.1, 0.15) is 0 Å². The molecule has 1 N–H and O–H groups in total. The van der Waals surface area contributed by atoms with Crippen LogP contribution in [0.3, 0.4) is 0 Å². The minimum atomic E-state index is 0.843. The second-order valence-electron chi connectivity index (χ2n) is 4.62. The summed E-state index contributed by atoms with van der Waals surface area (Å²) in [5.41, 5.74) is 2.48. The molecule has 0 bridgehead atoms. The molecule has 5 heteroatoms. The van der Waals surface area contributed by atoms with Gasteiger partial charge in [-0.25, -0.2) is 0 Å². The van der Waals surface area contributed by atoms with Crippen LogP contribution in [0.25, 0.3) is 0 Å². The van der Waals surface area contributed by atoms with Crippen LogP contribution in [0, 0.1) is 0 Å². The Morgan fingerprint density at radius 1 is 1.30 bits per heavy atom. The summed E-state index contributed by atoms with van der Waals surface area (Å²) in [6, 6.07) is 10.5. The monoisotopic (exact) mass is 372 g/mol. The molecule has 0 saturated carbocycles. The number of hydrogen-bond acceptors (Lipinski definition) is 3. The highest BCUT2D eigenvalue weighted by molar-refractivity contribution is 9.10. The Hall–Kier alpha value is -0.550. The number of hydrogen-bond donors (Lipinski definition) is 1. The van der Waals surface area contributed by atoms with Gasteiger partial charge in [0.05, 0.1) is 10.9 Å². The van der Waals surface area contributed by atoms with Crippen LogP contribution in [0.15, 0.2) is 34.8 Å². The lowest BCUT2D eigenvalue weighted by Gasteiger charge is -2.19. The SMILES string of the molecule is CCNCc1ccc(N(C)Cc2ccc(Cl)s2)cc1Br. The van der Waals surface area contributed by atoms with Crippen LogP contribution in [0.2, 0.25) is 4.34 Å². The van der Waals surface area contributed by atoms with E-state index in [1.807, 2.05) is 6.07 Å². The lowest BCUT2D eigenvalue weighted by atomic mass is 10.2. The summed E-state index contributed by atoms with van der Waals surface area (Å²) >= 11 is 11.3. The average Bonchev–Trinajstić information content (AvgIpc) is 2.82. The summed E-state index contributed by atoms with van der Waals surface area (Å²) in [7, 11) is 2.10. The van der Waals surface area contributed by atoms with Crippen LogP contribution in [-0.2, 0) is 13.1 Å². The topological polar surface area (TPSA) is 15.3 Å². The molecule has 0 unspecified atom stereocenters. The first kappa shape index (κ1) is 15.8. The van der Waals surface area contributed by atoms with Crippen LogP contribution in [-0.4, -0.2) is 13.6 Å². The zero-order chi connectivity index (χ0) is 14.5. The number of rotatable bonds is 6. The molecule has 0 radical (unpaired) electrons. The first-order chi connectivity index (χ1) is 9.60. The van der Waals surface area contributed by atoms with Crippen LogP contribution < -0.4 is 10.2 Å². The molecule has 1 aromatic heterocycles. The number of benzene rings is 1. The lowest BCUT2D eigenvalue weighted by molar-refractivity contribution is 0.724. The fourth-order valence-electron chi connectivity index (χ4n) is 1.94. The largest absolute Gasteiger partial charge is 0.369 e. The van der Waals surface area contributed by atoms with Crippen molar-refractivity contribution in [1.29, 1.82) is 0 Å². The summed E-state index contributed by atoms with van der Waals surface area (Å²) in [5, 5.41) is 3.34. The molecule has 1 aromatic carbocycles. The standard InChI is InChI=1S/C15H18BrClN2S/c1-3-18-9-11-4-5-12(8-14(11)16)19(2)10-13-6-7-15(17)20-13/h4-8,18H,3,9-10H2,1-2H3. The number of anilines is 1. The van der Waals surface area contributed by atoms with Crippen LogP contribution in [0.1, 0.15) is 17.4 Å². The van der Waals surface area contributed by atoms with Crippen molar-refractivity contribution in [1.82, 2.24) is 5.32 Å². The molecule has 2 rings (SSSR count). The van der Waals surface area contributed by atoms with E-state index in [2.05, 4.69) is 64.4 Å². The fourth-order valence-corrected chi connectivity index (χ4v) is 3.59. The van der Waals surface area contributed by atoms with Crippen molar-refractivity contribution in [2.24, 2.45) is 0 Å². The average molecular weight is 374 g/mol. The maximum Gasteiger partial charge on any atom is 0.0931 e. The van der Waals surface area contributed by atoms with Gasteiger partial charge in [-0.2, -0.15) is 0 Å². The molecule has 2 nitrogen and oxygen atoms in total. The van der Waals surface area contributed by atoms with Gasteiger partial charge in [-0.15, -0.1) is 11.3 Å². The molecule has 0 spiro atoms. The van der Waals surface area contributed by atoms with E-state index >= 15 is 0 Å². The summed E-state index contributed by atoms with van der Waals surface area (Å²) < 4.78 is 1.99. The van der Waals surface area contributed by atoms with Gasteiger partial charge in [0.2, 0.25) is 0 Å². The van der Waals surface area contributed by atoms with Gasteiger partial charge in [0.15, 0.2) is 0 Å². The third-order valence-electron chi connectivity index (χ3n) is 3.06. The van der Waals surface area contributed by atoms with Crippen LogP contribution in [0.4, 0.5) is 5.69 Å². The van der Waals surface area contributed by atoms with E-state index in [0.29, 0.717) is 0 Å². The van der Waals surface area contributed by atoms with Gasteiger partial charge in [0.25, 0.3) is 0 Å². The van der Waals surface area contributed by atoms with Gasteiger partial charge in [-0.1, -0.05) is 40.5 Å². The predicted molar refractivity (Wildman–Crippen MR) is 93.0 cm³/mol. The zero-order valence-corrected chi connectivity index (χ0v) is 14.8. The van der Waals surface area contributed by atoms with E-state index in [1.54, 1.807) is 11.3 Å². The zero-order valence-electron chi connectivity index (χ0n) is 11.6. The quantitative estimate of drug-likeness (QED) is 0.774. The van der Waals surface area contributed by atoms with Crippen molar-refractivity contribution in [2.45, 2.75) is 20.0 Å². The van der Waals surface area contributed by atoms with Gasteiger partial charge in [-0.3, -0.25) is 0 Å². The van der Waals surface area contributed by atoms with E-state index in [-0.39, 0.29) is 0 Å². The Balaban J connectivity index is 2.06. The molecular weight excluding hydrogens is 356 g/mol. The van der Waals surface area contributed by atoms with Crippen molar-refractivity contribution in [3.63, 3.8) is 0 Å². The van der Waals surface area contributed by atoms with Gasteiger partial charge in [0, 0.05) is 28.6 Å². The molecule has 0 aliphatic carbocycles. The molecule has 0 amide bonds. The van der Waals surface area contributed by atoms with Crippen molar-refractivity contribution < 1.29 is 0 Å². The molecule has 2 aromatic rings. The number of nitrogens with zero attached hydrogens (tertiary/aromatic N) is 1. The Labute approximate surface area is 137 Å². The van der Waals surface area contributed by atoms with Crippen molar-refractivity contribution in [3.05, 3.63) is 49.6 Å². The first-order valence-electron chi connectivity index (χ1n) is 6.54. The van der Waals surface area contributed by atoms with Crippen molar-refractivity contribution in [2.75, 3.05) is 18.5 Å². The van der Waals surface area contributed by atoms with Crippen molar-refractivity contribution >= 4 is 44.6 Å². The minimum absolute atomic E-state index is 0.843. The molecule has 0 fully saturated rings. The van der Waals surface area contributed by atoms with Crippen LogP contribution >= 0.6 is 38.9 Å². The number of thiophene rings is 1. The molecule has 20 heavy (non-hydrogen) atoms. The molecule has 0 atom stereocenters. The van der Waals surface area contributed by atoms with E-state index in [4.69, 9.17) is 11.6 Å². The lowest BCUT2D eigenvalue weighted by Crippen LogP contribution is -2.16. The van der Waals surface area contributed by atoms with E-state index < -0.39 is 0 Å². The predicted octanol–water partition coefficient (Wildman–Crippen LogP) is 4.91. The van der Waals surface area contributed by atoms with Crippen LogP contribution in [0.5, 0.6) is 0 Å². The van der Waals surface area contributed by atoms with Gasteiger partial charge >= 0.3 is 0 Å². The Kier molecular flexibility index (Phi) is 5.90. The highest BCUT2D eigenvalue weighted by atomic mass is 79.9. The molecule has 0 saturated heterocycles. The highest BCUT2D eigenvalue weighted by Crippen LogP contribution is 2.27. The Bertz CT molecular complexity index is 571. The molecule has 1 heterocycles.